The van der Waals surface area contributed by atoms with Crippen molar-refractivity contribution in [3.63, 3.8) is 0 Å². The number of rotatable bonds is 5. The van der Waals surface area contributed by atoms with Crippen molar-refractivity contribution in [2.75, 3.05) is 18.9 Å². The predicted octanol–water partition coefficient (Wildman–Crippen LogP) is 1.06. The molecule has 0 unspecified atom stereocenters. The Hall–Kier alpha value is -3.01. The van der Waals surface area contributed by atoms with Gasteiger partial charge in [-0.3, -0.25) is 9.59 Å². The number of nitrogens with zero attached hydrogens (tertiary/aromatic N) is 2. The van der Waals surface area contributed by atoms with E-state index < -0.39 is 28.4 Å². The molecule has 2 aliphatic rings. The van der Waals surface area contributed by atoms with Crippen molar-refractivity contribution in [3.8, 4) is 0 Å². The Morgan fingerprint density at radius 3 is 2.61 bits per heavy atom. The van der Waals surface area contributed by atoms with Crippen molar-refractivity contribution >= 4 is 33.4 Å². The summed E-state index contributed by atoms with van der Waals surface area (Å²) in [6.45, 7) is 4.46. The summed E-state index contributed by atoms with van der Waals surface area (Å²) >= 11 is 0. The van der Waals surface area contributed by atoms with E-state index in [1.54, 1.807) is 13.8 Å². The fourth-order valence-corrected chi connectivity index (χ4v) is 4.13. The molecule has 10 heteroatoms. The van der Waals surface area contributed by atoms with Gasteiger partial charge in [0.05, 0.1) is 17.0 Å². The molecular weight excluding hydrogens is 386 g/mol. The Morgan fingerprint density at radius 1 is 1.25 bits per heavy atom. The van der Waals surface area contributed by atoms with Crippen molar-refractivity contribution in [2.24, 2.45) is 4.40 Å². The Kier molecular flexibility index (Phi) is 5.07. The van der Waals surface area contributed by atoms with Crippen molar-refractivity contribution in [1.82, 2.24) is 9.88 Å². The SMILES string of the molecule is CC(=O)c1c(C)[nH]c(C(=O)COC(=O)C2=CN3CCS(=O)(=O)N=C3C=C2)c1C. The number of ketones is 2. The summed E-state index contributed by atoms with van der Waals surface area (Å²) in [4.78, 5) is 40.7. The van der Waals surface area contributed by atoms with Gasteiger partial charge in [0.25, 0.3) is 10.0 Å². The molecule has 0 amide bonds. The highest BCUT2D eigenvalue weighted by Gasteiger charge is 2.26. The summed E-state index contributed by atoms with van der Waals surface area (Å²) in [7, 11) is -3.48. The highest BCUT2D eigenvalue weighted by Crippen LogP contribution is 2.20. The van der Waals surface area contributed by atoms with Crippen LogP contribution in [0.3, 0.4) is 0 Å². The molecule has 2 aliphatic heterocycles. The fraction of sp³-hybridized carbons (Fsp3) is 0.333. The molecule has 0 aromatic carbocycles. The molecule has 9 nitrogen and oxygen atoms in total. The van der Waals surface area contributed by atoms with Gasteiger partial charge in [0.1, 0.15) is 5.84 Å². The van der Waals surface area contributed by atoms with Crippen LogP contribution in [0, 0.1) is 13.8 Å². The molecule has 3 heterocycles. The van der Waals surface area contributed by atoms with Crippen LogP contribution < -0.4 is 0 Å². The number of esters is 1. The molecule has 0 saturated heterocycles. The second-order valence-corrected chi connectivity index (χ2v) is 8.28. The first-order valence-corrected chi connectivity index (χ1v) is 10.1. The maximum atomic E-state index is 12.4. The maximum Gasteiger partial charge on any atom is 0.340 e. The minimum Gasteiger partial charge on any atom is -0.454 e. The second kappa shape index (κ2) is 7.19. The monoisotopic (exact) mass is 405 g/mol. The number of Topliss-reactive ketones (excluding diaryl/α,β-unsaturated/α-hetero) is 2. The number of carbonyl (C=O) groups excluding carboxylic acids is 3. The fourth-order valence-electron chi connectivity index (χ4n) is 3.17. The molecule has 3 rings (SSSR count). The molecule has 0 aliphatic carbocycles. The van der Waals surface area contributed by atoms with Gasteiger partial charge in [0.15, 0.2) is 12.4 Å². The van der Waals surface area contributed by atoms with E-state index in [0.717, 1.165) is 0 Å². The molecule has 0 spiro atoms. The third kappa shape index (κ3) is 3.81. The number of H-pyrrole nitrogens is 1. The third-order valence-corrected chi connectivity index (χ3v) is 5.63. The van der Waals surface area contributed by atoms with E-state index in [0.29, 0.717) is 16.8 Å². The second-order valence-electron chi connectivity index (χ2n) is 6.53. The van der Waals surface area contributed by atoms with Gasteiger partial charge in [-0.15, -0.1) is 4.40 Å². The zero-order valence-corrected chi connectivity index (χ0v) is 16.4. The number of hydrogen-bond acceptors (Lipinski definition) is 7. The molecule has 0 radical (unpaired) electrons. The number of aromatic nitrogens is 1. The zero-order chi connectivity index (χ0) is 20.6. The van der Waals surface area contributed by atoms with E-state index >= 15 is 0 Å². The van der Waals surface area contributed by atoms with Crippen molar-refractivity contribution in [3.05, 3.63) is 46.4 Å². The van der Waals surface area contributed by atoms with Gasteiger partial charge in [-0.25, -0.2) is 13.2 Å². The van der Waals surface area contributed by atoms with Gasteiger partial charge in [-0.1, -0.05) is 0 Å². The third-order valence-electron chi connectivity index (χ3n) is 4.46. The summed E-state index contributed by atoms with van der Waals surface area (Å²) < 4.78 is 31.7. The van der Waals surface area contributed by atoms with E-state index in [-0.39, 0.29) is 35.2 Å². The van der Waals surface area contributed by atoms with Crippen molar-refractivity contribution in [2.45, 2.75) is 20.8 Å². The summed E-state index contributed by atoms with van der Waals surface area (Å²) in [6, 6.07) is 0. The Morgan fingerprint density at radius 2 is 1.96 bits per heavy atom. The van der Waals surface area contributed by atoms with E-state index in [1.807, 2.05) is 0 Å². The number of ether oxygens (including phenoxy) is 1. The van der Waals surface area contributed by atoms with Gasteiger partial charge in [0.2, 0.25) is 5.78 Å². The lowest BCUT2D eigenvalue weighted by atomic mass is 10.1. The molecule has 0 atom stereocenters. The first-order chi connectivity index (χ1) is 13.1. The summed E-state index contributed by atoms with van der Waals surface area (Å²) in [5.41, 5.74) is 1.98. The number of amidine groups is 1. The quantitative estimate of drug-likeness (QED) is 0.573. The lowest BCUT2D eigenvalue weighted by Gasteiger charge is -2.26. The first-order valence-electron chi connectivity index (χ1n) is 8.48. The number of aromatic amines is 1. The zero-order valence-electron chi connectivity index (χ0n) is 15.6. The van der Waals surface area contributed by atoms with E-state index in [1.165, 1.54) is 30.2 Å². The van der Waals surface area contributed by atoms with E-state index in [2.05, 4.69) is 9.38 Å². The largest absolute Gasteiger partial charge is 0.454 e. The molecule has 0 fully saturated rings. The molecule has 1 N–H and O–H groups in total. The summed E-state index contributed by atoms with van der Waals surface area (Å²) in [6.07, 6.45) is 4.24. The van der Waals surface area contributed by atoms with Crippen LogP contribution in [-0.4, -0.2) is 60.6 Å². The Balaban J connectivity index is 1.68. The first kappa shape index (κ1) is 19.7. The number of carbonyl (C=O) groups is 3. The lowest BCUT2D eigenvalue weighted by Crippen LogP contribution is -2.37. The highest BCUT2D eigenvalue weighted by molar-refractivity contribution is 7.90. The van der Waals surface area contributed by atoms with Crippen molar-refractivity contribution in [1.29, 1.82) is 0 Å². The van der Waals surface area contributed by atoms with Gasteiger partial charge in [0, 0.05) is 24.0 Å². The Bertz CT molecular complexity index is 1080. The van der Waals surface area contributed by atoms with Gasteiger partial charge < -0.3 is 14.6 Å². The van der Waals surface area contributed by atoms with Crippen LogP contribution in [0.2, 0.25) is 0 Å². The number of aryl methyl sites for hydroxylation is 1. The van der Waals surface area contributed by atoms with E-state index in [9.17, 15) is 22.8 Å². The smallest absolute Gasteiger partial charge is 0.340 e. The van der Waals surface area contributed by atoms with Crippen LogP contribution >= 0.6 is 0 Å². The highest BCUT2D eigenvalue weighted by atomic mass is 32.2. The molecule has 28 heavy (non-hydrogen) atoms. The Labute approximate surface area is 161 Å². The minimum absolute atomic E-state index is 0.147. The van der Waals surface area contributed by atoms with Crippen molar-refractivity contribution < 1.29 is 27.5 Å². The topological polar surface area (TPSA) is 126 Å². The van der Waals surface area contributed by atoms with Crippen LogP contribution in [0.15, 0.2) is 28.3 Å². The van der Waals surface area contributed by atoms with Crippen LogP contribution in [0.4, 0.5) is 0 Å². The minimum atomic E-state index is -3.48. The average Bonchev–Trinajstić information content (AvgIpc) is 2.92. The lowest BCUT2D eigenvalue weighted by molar-refractivity contribution is -0.137. The van der Waals surface area contributed by atoms with E-state index in [4.69, 9.17) is 4.74 Å². The molecule has 148 valence electrons. The normalized spacial score (nSPS) is 17.5. The van der Waals surface area contributed by atoms with Gasteiger partial charge >= 0.3 is 5.97 Å². The summed E-state index contributed by atoms with van der Waals surface area (Å²) in [5, 5.41) is 0. The number of sulfonamides is 1. The summed E-state index contributed by atoms with van der Waals surface area (Å²) in [5.74, 6) is -1.24. The molecule has 0 saturated carbocycles. The van der Waals surface area contributed by atoms with Crippen LogP contribution in [0.1, 0.15) is 39.0 Å². The number of nitrogens with one attached hydrogen (secondary N) is 1. The number of hydrogen-bond donors (Lipinski definition) is 1. The van der Waals surface area contributed by atoms with Gasteiger partial charge in [-0.05, 0) is 38.5 Å². The maximum absolute atomic E-state index is 12.4. The molecular formula is C18H19N3O6S. The van der Waals surface area contributed by atoms with Crippen LogP contribution in [-0.2, 0) is 19.6 Å². The molecule has 0 bridgehead atoms. The average molecular weight is 405 g/mol. The van der Waals surface area contributed by atoms with Gasteiger partial charge in [-0.2, -0.15) is 0 Å². The van der Waals surface area contributed by atoms with Crippen LogP contribution in [0.25, 0.3) is 0 Å². The van der Waals surface area contributed by atoms with Crippen LogP contribution in [0.5, 0.6) is 0 Å². The number of fused-ring (bicyclic) bond motifs is 1. The predicted molar refractivity (Wildman–Crippen MR) is 101 cm³/mol. The molecule has 1 aromatic heterocycles. The standard InChI is InChI=1S/C18H19N3O6S/c1-10-16(12(3)22)11(2)19-17(10)14(23)9-27-18(24)13-4-5-15-20-28(25,26)7-6-21(15)8-13/h4-5,8,19H,6-7,9H2,1-3H3. The molecule has 1 aromatic rings.